The molecule has 5 aromatic rings. The highest BCUT2D eigenvalue weighted by Crippen LogP contribution is 2.39. The maximum Gasteiger partial charge on any atom is 0.433 e. The van der Waals surface area contributed by atoms with Crippen molar-refractivity contribution in [3.05, 3.63) is 95.4 Å². The lowest BCUT2D eigenvalue weighted by Gasteiger charge is -2.56. The standard InChI is InChI=1S/C36H33F3N4O/c1-21-2-13-33(36(37,38)39)42-34(21)24-6-4-23(5-7-24)32-18-41-35-31(32)15-27(17-40-35)26-8-3-22-9-11-28(12-10-25(22)14-26)43-29-16-30(43)20-44-19-29/h2-8,13-15,17-18,28-30H,9-12,16,19-20H2,1H3,(H,40,41)/t28-,29+,30?/m0/s1. The van der Waals surface area contributed by atoms with E-state index in [0.29, 0.717) is 34.9 Å². The number of nitrogens with zero attached hydrogens (tertiary/aromatic N) is 3. The molecule has 0 radical (unpaired) electrons. The Bertz CT molecular complexity index is 1850. The van der Waals surface area contributed by atoms with Gasteiger partial charge in [0, 0.05) is 52.6 Å². The topological polar surface area (TPSA) is 54.0 Å². The van der Waals surface area contributed by atoms with Crippen LogP contribution in [0.15, 0.2) is 73.1 Å². The van der Waals surface area contributed by atoms with Gasteiger partial charge in [0.15, 0.2) is 0 Å². The number of halogens is 3. The summed E-state index contributed by atoms with van der Waals surface area (Å²) in [5.74, 6) is 0. The van der Waals surface area contributed by atoms with Crippen LogP contribution in [0.1, 0.15) is 41.6 Å². The van der Waals surface area contributed by atoms with Crippen molar-refractivity contribution in [2.75, 3.05) is 13.2 Å². The number of aryl methyl sites for hydroxylation is 3. The van der Waals surface area contributed by atoms with Crippen molar-refractivity contribution in [1.29, 1.82) is 0 Å². The van der Waals surface area contributed by atoms with Gasteiger partial charge in [-0.2, -0.15) is 13.2 Å². The number of alkyl halides is 3. The largest absolute Gasteiger partial charge is 0.433 e. The molecule has 2 aliphatic heterocycles. The number of benzene rings is 2. The molecule has 2 bridgehead atoms. The molecule has 8 heteroatoms. The number of nitrogens with one attached hydrogen (secondary N) is 1. The molecule has 3 aromatic heterocycles. The van der Waals surface area contributed by atoms with Gasteiger partial charge < -0.3 is 9.72 Å². The van der Waals surface area contributed by atoms with E-state index in [2.05, 4.69) is 39.1 Å². The number of aromatic nitrogens is 3. The van der Waals surface area contributed by atoms with Crippen molar-refractivity contribution in [3.8, 4) is 33.5 Å². The lowest BCUT2D eigenvalue weighted by molar-refractivity contribution is -0.148. The number of morpholine rings is 1. The summed E-state index contributed by atoms with van der Waals surface area (Å²) in [6, 6.07) is 21.0. The van der Waals surface area contributed by atoms with E-state index in [4.69, 9.17) is 9.72 Å². The van der Waals surface area contributed by atoms with E-state index in [1.807, 2.05) is 36.7 Å². The fraction of sp³-hybridized carbons (Fsp3) is 0.333. The summed E-state index contributed by atoms with van der Waals surface area (Å²) < 4.78 is 45.6. The second-order valence-corrected chi connectivity index (χ2v) is 12.5. The van der Waals surface area contributed by atoms with E-state index in [-0.39, 0.29) is 0 Å². The molecule has 2 saturated heterocycles. The first-order valence-electron chi connectivity index (χ1n) is 15.4. The summed E-state index contributed by atoms with van der Waals surface area (Å²) in [7, 11) is 0. The average molecular weight is 595 g/mol. The Morgan fingerprint density at radius 2 is 1.55 bits per heavy atom. The molecule has 0 amide bonds. The number of H-pyrrole nitrogens is 1. The van der Waals surface area contributed by atoms with Crippen LogP contribution in [-0.2, 0) is 23.8 Å². The fourth-order valence-electron chi connectivity index (χ4n) is 7.52. The van der Waals surface area contributed by atoms with Crippen LogP contribution in [0.5, 0.6) is 0 Å². The van der Waals surface area contributed by atoms with Gasteiger partial charge in [0.2, 0.25) is 0 Å². The van der Waals surface area contributed by atoms with E-state index in [0.717, 1.165) is 59.8 Å². The number of rotatable bonds is 4. The first-order chi connectivity index (χ1) is 21.3. The highest BCUT2D eigenvalue weighted by Gasteiger charge is 2.45. The van der Waals surface area contributed by atoms with Crippen molar-refractivity contribution in [1.82, 2.24) is 19.9 Å². The molecule has 1 unspecified atom stereocenters. The van der Waals surface area contributed by atoms with Crippen molar-refractivity contribution >= 4 is 11.0 Å². The molecule has 8 rings (SSSR count). The fourth-order valence-corrected chi connectivity index (χ4v) is 7.52. The van der Waals surface area contributed by atoms with Gasteiger partial charge in [-0.15, -0.1) is 0 Å². The van der Waals surface area contributed by atoms with Gasteiger partial charge in [0.1, 0.15) is 11.3 Å². The molecule has 3 atom stereocenters. The van der Waals surface area contributed by atoms with Crippen molar-refractivity contribution in [2.24, 2.45) is 0 Å². The Balaban J connectivity index is 1.06. The van der Waals surface area contributed by atoms with E-state index in [1.165, 1.54) is 42.0 Å². The molecule has 224 valence electrons. The number of hydrogen-bond donors (Lipinski definition) is 1. The zero-order chi connectivity index (χ0) is 30.0. The molecule has 3 aliphatic rings. The number of aromatic amines is 1. The normalized spacial score (nSPS) is 22.0. The van der Waals surface area contributed by atoms with Crippen LogP contribution in [-0.4, -0.2) is 51.2 Å². The van der Waals surface area contributed by atoms with E-state index < -0.39 is 11.9 Å². The molecular weight excluding hydrogens is 561 g/mol. The first kappa shape index (κ1) is 27.5. The molecule has 5 nitrogen and oxygen atoms in total. The Labute approximate surface area is 254 Å². The lowest BCUT2D eigenvalue weighted by atomic mass is 9.87. The lowest BCUT2D eigenvalue weighted by Crippen LogP contribution is -2.66. The highest BCUT2D eigenvalue weighted by atomic mass is 19.4. The van der Waals surface area contributed by atoms with Crippen molar-refractivity contribution in [3.63, 3.8) is 0 Å². The molecular formula is C36H33F3N4O. The molecule has 44 heavy (non-hydrogen) atoms. The summed E-state index contributed by atoms with van der Waals surface area (Å²) in [6.07, 6.45) is 5.27. The van der Waals surface area contributed by atoms with Crippen LogP contribution in [0.3, 0.4) is 0 Å². The molecule has 2 fully saturated rings. The average Bonchev–Trinajstić information content (AvgIpc) is 3.35. The molecule has 1 N–H and O–H groups in total. The number of ether oxygens (including phenoxy) is 1. The van der Waals surface area contributed by atoms with Crippen LogP contribution in [0.2, 0.25) is 0 Å². The number of fused-ring (bicyclic) bond motifs is 4. The van der Waals surface area contributed by atoms with Crippen LogP contribution in [0.25, 0.3) is 44.5 Å². The van der Waals surface area contributed by atoms with Gasteiger partial charge in [-0.3, -0.25) is 4.90 Å². The molecule has 1 aliphatic carbocycles. The minimum absolute atomic E-state index is 0.338. The van der Waals surface area contributed by atoms with Gasteiger partial charge in [-0.05, 0) is 79.0 Å². The smallest absolute Gasteiger partial charge is 0.378 e. The third-order valence-corrected chi connectivity index (χ3v) is 9.85. The van der Waals surface area contributed by atoms with E-state index in [9.17, 15) is 13.2 Å². The quantitative estimate of drug-likeness (QED) is 0.214. The van der Waals surface area contributed by atoms with Crippen molar-refractivity contribution < 1.29 is 17.9 Å². The van der Waals surface area contributed by atoms with Crippen LogP contribution >= 0.6 is 0 Å². The van der Waals surface area contributed by atoms with Crippen LogP contribution < -0.4 is 0 Å². The zero-order valence-electron chi connectivity index (χ0n) is 24.5. The first-order valence-corrected chi connectivity index (χ1v) is 15.4. The third kappa shape index (κ3) is 4.81. The molecule has 5 heterocycles. The summed E-state index contributed by atoms with van der Waals surface area (Å²) in [5.41, 5.74) is 8.68. The Morgan fingerprint density at radius 1 is 0.818 bits per heavy atom. The highest BCUT2D eigenvalue weighted by molar-refractivity contribution is 5.96. The van der Waals surface area contributed by atoms with Gasteiger partial charge in [-0.1, -0.05) is 48.5 Å². The predicted molar refractivity (Wildman–Crippen MR) is 165 cm³/mol. The maximum atomic E-state index is 13.3. The zero-order valence-corrected chi connectivity index (χ0v) is 24.5. The van der Waals surface area contributed by atoms with Gasteiger partial charge >= 0.3 is 6.18 Å². The SMILES string of the molecule is Cc1ccc(C(F)(F)F)nc1-c1ccc(-c2c[nH]c3ncc(-c4ccc5c(c4)CC[C@@H](N4C6COC[C@H]4C6)CC5)cc23)cc1. The Kier molecular flexibility index (Phi) is 6.61. The second-order valence-electron chi connectivity index (χ2n) is 12.5. The minimum atomic E-state index is -4.49. The molecule has 0 spiro atoms. The minimum Gasteiger partial charge on any atom is -0.378 e. The number of hydrogen-bond acceptors (Lipinski definition) is 4. The predicted octanol–water partition coefficient (Wildman–Crippen LogP) is 8.01. The summed E-state index contributed by atoms with van der Waals surface area (Å²) in [4.78, 5) is 14.7. The molecule has 2 aromatic carbocycles. The summed E-state index contributed by atoms with van der Waals surface area (Å²) in [6.45, 7) is 3.55. The number of pyridine rings is 2. The van der Waals surface area contributed by atoms with Crippen molar-refractivity contribution in [2.45, 2.75) is 63.3 Å². The van der Waals surface area contributed by atoms with Gasteiger partial charge in [0.05, 0.1) is 18.9 Å². The summed E-state index contributed by atoms with van der Waals surface area (Å²) in [5, 5.41) is 1.00. The molecule has 0 saturated carbocycles. The van der Waals surface area contributed by atoms with Crippen LogP contribution in [0, 0.1) is 6.92 Å². The Hall–Kier alpha value is -4.01. The monoisotopic (exact) mass is 594 g/mol. The maximum absolute atomic E-state index is 13.3. The van der Waals surface area contributed by atoms with E-state index >= 15 is 0 Å². The van der Waals surface area contributed by atoms with Gasteiger partial charge in [0.25, 0.3) is 0 Å². The second kappa shape index (κ2) is 10.6. The summed E-state index contributed by atoms with van der Waals surface area (Å²) >= 11 is 0. The van der Waals surface area contributed by atoms with E-state index in [1.54, 1.807) is 6.92 Å². The van der Waals surface area contributed by atoms with Crippen LogP contribution in [0.4, 0.5) is 13.2 Å². The van der Waals surface area contributed by atoms with Gasteiger partial charge in [-0.25, -0.2) is 9.97 Å². The third-order valence-electron chi connectivity index (χ3n) is 9.85. The Morgan fingerprint density at radius 3 is 2.30 bits per heavy atom.